The molecule has 0 bridgehead atoms. The van der Waals surface area contributed by atoms with E-state index in [1.807, 2.05) is 0 Å². The third-order valence-corrected chi connectivity index (χ3v) is 6.93. The van der Waals surface area contributed by atoms with Gasteiger partial charge < -0.3 is 9.47 Å². The minimum atomic E-state index is -3.82. The van der Waals surface area contributed by atoms with E-state index in [0.29, 0.717) is 34.6 Å². The Morgan fingerprint density at radius 2 is 1.93 bits per heavy atom. The van der Waals surface area contributed by atoms with Gasteiger partial charge in [0.05, 0.1) is 20.8 Å². The van der Waals surface area contributed by atoms with Crippen molar-refractivity contribution in [3.05, 3.63) is 52.1 Å². The fraction of sp³-hybridized carbons (Fsp3) is 0.222. The molecule has 9 heteroatoms. The molecule has 4 rings (SSSR count). The summed E-state index contributed by atoms with van der Waals surface area (Å²) in [5, 5.41) is 0. The van der Waals surface area contributed by atoms with E-state index in [9.17, 15) is 18.0 Å². The smallest absolute Gasteiger partial charge is 0.307 e. The third kappa shape index (κ3) is 3.24. The SMILES string of the molecule is Cn1c(=O)sc2cc(S(=O)(=O)Nc3cccc(N4CCCC4=O)c3)ccc21. The van der Waals surface area contributed by atoms with Crippen molar-refractivity contribution in [3.8, 4) is 0 Å². The fourth-order valence-electron chi connectivity index (χ4n) is 3.15. The van der Waals surface area contributed by atoms with Crippen LogP contribution in [0, 0.1) is 0 Å². The van der Waals surface area contributed by atoms with E-state index in [-0.39, 0.29) is 15.7 Å². The van der Waals surface area contributed by atoms with Gasteiger partial charge in [0.1, 0.15) is 0 Å². The molecule has 7 nitrogen and oxygen atoms in total. The molecule has 0 unspecified atom stereocenters. The molecule has 140 valence electrons. The van der Waals surface area contributed by atoms with Crippen LogP contribution in [0.5, 0.6) is 0 Å². The van der Waals surface area contributed by atoms with Gasteiger partial charge in [0.2, 0.25) is 5.91 Å². The number of nitrogens with zero attached hydrogens (tertiary/aromatic N) is 2. The van der Waals surface area contributed by atoms with Gasteiger partial charge in [-0.1, -0.05) is 17.4 Å². The van der Waals surface area contributed by atoms with Crippen molar-refractivity contribution in [3.63, 3.8) is 0 Å². The van der Waals surface area contributed by atoms with Gasteiger partial charge in [-0.2, -0.15) is 0 Å². The monoisotopic (exact) mass is 403 g/mol. The molecule has 1 aromatic heterocycles. The maximum atomic E-state index is 12.8. The van der Waals surface area contributed by atoms with Crippen LogP contribution >= 0.6 is 11.3 Å². The van der Waals surface area contributed by atoms with E-state index < -0.39 is 10.0 Å². The molecule has 1 fully saturated rings. The maximum absolute atomic E-state index is 12.8. The number of rotatable bonds is 4. The van der Waals surface area contributed by atoms with E-state index in [1.54, 1.807) is 42.3 Å². The lowest BCUT2D eigenvalue weighted by Crippen LogP contribution is -2.23. The average molecular weight is 403 g/mol. The lowest BCUT2D eigenvalue weighted by molar-refractivity contribution is -0.117. The summed E-state index contributed by atoms with van der Waals surface area (Å²) < 4.78 is 30.2. The Kier molecular flexibility index (Phi) is 4.27. The summed E-state index contributed by atoms with van der Waals surface area (Å²) in [4.78, 5) is 25.3. The average Bonchev–Trinajstić information content (AvgIpc) is 3.18. The Morgan fingerprint density at radius 3 is 2.67 bits per heavy atom. The summed E-state index contributed by atoms with van der Waals surface area (Å²) in [6.07, 6.45) is 1.31. The van der Waals surface area contributed by atoms with Crippen LogP contribution in [0.1, 0.15) is 12.8 Å². The standard InChI is InChI=1S/C18H17N3O4S2/c1-20-15-8-7-14(11-16(15)26-18(20)23)27(24,25)19-12-4-2-5-13(10-12)21-9-3-6-17(21)22/h2,4-5,7-8,10-11,19H,3,6,9H2,1H3. The van der Waals surface area contributed by atoms with Crippen LogP contribution < -0.4 is 14.5 Å². The predicted octanol–water partition coefficient (Wildman–Crippen LogP) is 2.53. The van der Waals surface area contributed by atoms with Gasteiger partial charge in [-0.05, 0) is 42.8 Å². The molecule has 2 heterocycles. The summed E-state index contributed by atoms with van der Waals surface area (Å²) in [6, 6.07) is 11.4. The molecule has 2 aromatic carbocycles. The van der Waals surface area contributed by atoms with Crippen molar-refractivity contribution in [2.75, 3.05) is 16.2 Å². The van der Waals surface area contributed by atoms with Gasteiger partial charge in [0.25, 0.3) is 10.0 Å². The van der Waals surface area contributed by atoms with Crippen LogP contribution in [-0.2, 0) is 21.9 Å². The highest BCUT2D eigenvalue weighted by Crippen LogP contribution is 2.27. The number of anilines is 2. The zero-order valence-corrected chi connectivity index (χ0v) is 16.1. The molecule has 0 aliphatic carbocycles. The summed E-state index contributed by atoms with van der Waals surface area (Å²) >= 11 is 1.01. The van der Waals surface area contributed by atoms with E-state index in [1.165, 1.54) is 16.7 Å². The summed E-state index contributed by atoms with van der Waals surface area (Å²) in [7, 11) is -2.17. The number of aryl methyl sites for hydroxylation is 1. The highest BCUT2D eigenvalue weighted by Gasteiger charge is 2.22. The largest absolute Gasteiger partial charge is 0.312 e. The number of hydrogen-bond acceptors (Lipinski definition) is 5. The van der Waals surface area contributed by atoms with Gasteiger partial charge in [0.15, 0.2) is 0 Å². The number of amides is 1. The Hall–Kier alpha value is -2.65. The Bertz CT molecular complexity index is 1210. The normalized spacial score (nSPS) is 14.9. The molecule has 0 spiro atoms. The Morgan fingerprint density at radius 1 is 1.11 bits per heavy atom. The number of aromatic nitrogens is 1. The van der Waals surface area contributed by atoms with E-state index in [4.69, 9.17) is 0 Å². The minimum Gasteiger partial charge on any atom is -0.312 e. The Labute approximate surface area is 159 Å². The highest BCUT2D eigenvalue weighted by molar-refractivity contribution is 7.92. The highest BCUT2D eigenvalue weighted by atomic mass is 32.2. The molecule has 0 saturated carbocycles. The first-order chi connectivity index (χ1) is 12.8. The number of sulfonamides is 1. The number of thiazole rings is 1. The van der Waals surface area contributed by atoms with E-state index in [0.717, 1.165) is 17.8 Å². The number of carbonyl (C=O) groups excluding carboxylic acids is 1. The first kappa shape index (κ1) is 17.7. The maximum Gasteiger partial charge on any atom is 0.307 e. The van der Waals surface area contributed by atoms with E-state index >= 15 is 0 Å². The molecule has 1 aliphatic rings. The molecule has 1 N–H and O–H groups in total. The summed E-state index contributed by atoms with van der Waals surface area (Å²) in [5.74, 6) is 0.0411. The van der Waals surface area contributed by atoms with Crippen molar-refractivity contribution in [2.24, 2.45) is 7.05 Å². The van der Waals surface area contributed by atoms with Gasteiger partial charge >= 0.3 is 4.87 Å². The zero-order valence-electron chi connectivity index (χ0n) is 14.5. The zero-order chi connectivity index (χ0) is 19.2. The van der Waals surface area contributed by atoms with E-state index in [2.05, 4.69) is 4.72 Å². The number of hydrogen-bond donors (Lipinski definition) is 1. The van der Waals surface area contributed by atoms with Gasteiger partial charge in [-0.25, -0.2) is 8.42 Å². The topological polar surface area (TPSA) is 88.5 Å². The second-order valence-corrected chi connectivity index (χ2v) is 9.04. The predicted molar refractivity (Wildman–Crippen MR) is 106 cm³/mol. The molecule has 1 saturated heterocycles. The van der Waals surface area contributed by atoms with Crippen LogP contribution in [0.15, 0.2) is 52.2 Å². The van der Waals surface area contributed by atoms with Gasteiger partial charge in [-0.15, -0.1) is 0 Å². The summed E-state index contributed by atoms with van der Waals surface area (Å²) in [5.41, 5.74) is 1.75. The van der Waals surface area contributed by atoms with Gasteiger partial charge in [0, 0.05) is 25.7 Å². The van der Waals surface area contributed by atoms with Crippen LogP contribution in [0.3, 0.4) is 0 Å². The van der Waals surface area contributed by atoms with Crippen LogP contribution in [-0.4, -0.2) is 25.4 Å². The molecule has 1 aliphatic heterocycles. The first-order valence-electron chi connectivity index (χ1n) is 8.38. The van der Waals surface area contributed by atoms with Gasteiger partial charge in [-0.3, -0.25) is 14.3 Å². The molecular formula is C18H17N3O4S2. The molecule has 0 atom stereocenters. The number of benzene rings is 2. The van der Waals surface area contributed by atoms with Crippen LogP contribution in [0.2, 0.25) is 0 Å². The lowest BCUT2D eigenvalue weighted by atomic mass is 10.2. The van der Waals surface area contributed by atoms with Crippen molar-refractivity contribution >= 4 is 48.9 Å². The number of carbonyl (C=O) groups is 1. The van der Waals surface area contributed by atoms with Crippen LogP contribution in [0.25, 0.3) is 10.2 Å². The van der Waals surface area contributed by atoms with Crippen LogP contribution in [0.4, 0.5) is 11.4 Å². The van der Waals surface area contributed by atoms with Crippen molar-refractivity contribution in [1.82, 2.24) is 4.57 Å². The second kappa shape index (κ2) is 6.50. The molecule has 1 amide bonds. The molecular weight excluding hydrogens is 386 g/mol. The molecule has 0 radical (unpaired) electrons. The van der Waals surface area contributed by atoms with Crippen molar-refractivity contribution < 1.29 is 13.2 Å². The lowest BCUT2D eigenvalue weighted by Gasteiger charge is -2.17. The third-order valence-electron chi connectivity index (χ3n) is 4.56. The first-order valence-corrected chi connectivity index (χ1v) is 10.7. The van der Waals surface area contributed by atoms with Crippen molar-refractivity contribution in [1.29, 1.82) is 0 Å². The second-order valence-electron chi connectivity index (χ2n) is 6.36. The van der Waals surface area contributed by atoms with Crippen molar-refractivity contribution in [2.45, 2.75) is 17.7 Å². The molecule has 3 aromatic rings. The number of fused-ring (bicyclic) bond motifs is 1. The fourth-order valence-corrected chi connectivity index (χ4v) is 5.22. The number of nitrogens with one attached hydrogen (secondary N) is 1. The quantitative estimate of drug-likeness (QED) is 0.725. The Balaban J connectivity index is 1.65. The summed E-state index contributed by atoms with van der Waals surface area (Å²) in [6.45, 7) is 0.638. The minimum absolute atomic E-state index is 0.0411. The molecule has 27 heavy (non-hydrogen) atoms.